The third-order valence-corrected chi connectivity index (χ3v) is 3.55. The van der Waals surface area contributed by atoms with E-state index in [2.05, 4.69) is 16.0 Å². The van der Waals surface area contributed by atoms with Gasteiger partial charge in [0.25, 0.3) is 0 Å². The maximum absolute atomic E-state index is 10.7. The van der Waals surface area contributed by atoms with Crippen molar-refractivity contribution in [1.82, 2.24) is 9.88 Å². The van der Waals surface area contributed by atoms with Gasteiger partial charge in [-0.1, -0.05) is 12.5 Å². The Bertz CT molecular complexity index is 381. The molecule has 0 radical (unpaired) electrons. The molecule has 1 aliphatic heterocycles. The SMILES string of the molecule is O=C(O)CCC1CCCCN1Cc1cccnc1. The van der Waals surface area contributed by atoms with E-state index in [1.807, 2.05) is 12.3 Å². The Morgan fingerprint density at radius 2 is 2.39 bits per heavy atom. The van der Waals surface area contributed by atoms with Gasteiger partial charge in [-0.05, 0) is 37.4 Å². The van der Waals surface area contributed by atoms with Gasteiger partial charge in [0.05, 0.1) is 0 Å². The minimum atomic E-state index is -0.693. The lowest BCUT2D eigenvalue weighted by molar-refractivity contribution is -0.137. The summed E-state index contributed by atoms with van der Waals surface area (Å²) in [5.41, 5.74) is 1.21. The van der Waals surface area contributed by atoms with Crippen LogP contribution in [0, 0.1) is 0 Å². The molecule has 0 aliphatic carbocycles. The molecule has 2 heterocycles. The van der Waals surface area contributed by atoms with Crippen molar-refractivity contribution in [2.75, 3.05) is 6.54 Å². The number of piperidine rings is 1. The van der Waals surface area contributed by atoms with Crippen molar-refractivity contribution in [3.8, 4) is 0 Å². The van der Waals surface area contributed by atoms with Gasteiger partial charge in [0.15, 0.2) is 0 Å². The lowest BCUT2D eigenvalue weighted by Crippen LogP contribution is -2.39. The molecule has 1 aliphatic rings. The smallest absolute Gasteiger partial charge is 0.303 e. The third kappa shape index (κ3) is 3.81. The zero-order valence-corrected chi connectivity index (χ0v) is 10.6. The number of hydrogen-bond acceptors (Lipinski definition) is 3. The molecule has 1 N–H and O–H groups in total. The van der Waals surface area contributed by atoms with Crippen LogP contribution in [0.3, 0.4) is 0 Å². The highest BCUT2D eigenvalue weighted by Crippen LogP contribution is 2.22. The number of nitrogens with zero attached hydrogens (tertiary/aromatic N) is 2. The van der Waals surface area contributed by atoms with E-state index in [1.165, 1.54) is 18.4 Å². The average Bonchev–Trinajstić information content (AvgIpc) is 2.39. The van der Waals surface area contributed by atoms with Gasteiger partial charge in [0, 0.05) is 31.4 Å². The van der Waals surface area contributed by atoms with Crippen molar-refractivity contribution in [2.45, 2.75) is 44.7 Å². The molecule has 4 nitrogen and oxygen atoms in total. The Morgan fingerprint density at radius 3 is 3.11 bits per heavy atom. The van der Waals surface area contributed by atoms with Crippen LogP contribution in [0.15, 0.2) is 24.5 Å². The number of rotatable bonds is 5. The van der Waals surface area contributed by atoms with Gasteiger partial charge < -0.3 is 5.11 Å². The predicted octanol–water partition coefficient (Wildman–Crippen LogP) is 2.30. The Labute approximate surface area is 108 Å². The third-order valence-electron chi connectivity index (χ3n) is 3.55. The van der Waals surface area contributed by atoms with Crippen LogP contribution in [0.5, 0.6) is 0 Å². The number of aromatic nitrogens is 1. The molecule has 1 aromatic rings. The lowest BCUT2D eigenvalue weighted by atomic mass is 9.97. The highest BCUT2D eigenvalue weighted by molar-refractivity contribution is 5.66. The molecule has 1 aromatic heterocycles. The zero-order chi connectivity index (χ0) is 12.8. The number of carbonyl (C=O) groups is 1. The molecule has 4 heteroatoms. The van der Waals surface area contributed by atoms with E-state index >= 15 is 0 Å². The predicted molar refractivity (Wildman–Crippen MR) is 69.2 cm³/mol. The van der Waals surface area contributed by atoms with Gasteiger partial charge in [-0.2, -0.15) is 0 Å². The van der Waals surface area contributed by atoms with E-state index in [4.69, 9.17) is 5.11 Å². The van der Waals surface area contributed by atoms with E-state index in [-0.39, 0.29) is 6.42 Å². The summed E-state index contributed by atoms with van der Waals surface area (Å²) in [5.74, 6) is -0.693. The van der Waals surface area contributed by atoms with Crippen LogP contribution in [-0.4, -0.2) is 33.5 Å². The van der Waals surface area contributed by atoms with Crippen LogP contribution in [-0.2, 0) is 11.3 Å². The van der Waals surface area contributed by atoms with Crippen LogP contribution in [0.1, 0.15) is 37.7 Å². The minimum absolute atomic E-state index is 0.272. The van der Waals surface area contributed by atoms with E-state index in [9.17, 15) is 4.79 Å². The topological polar surface area (TPSA) is 53.4 Å². The summed E-state index contributed by atoms with van der Waals surface area (Å²) < 4.78 is 0. The zero-order valence-electron chi connectivity index (χ0n) is 10.6. The number of hydrogen-bond donors (Lipinski definition) is 1. The fraction of sp³-hybridized carbons (Fsp3) is 0.571. The van der Waals surface area contributed by atoms with Crippen LogP contribution in [0.4, 0.5) is 0 Å². The van der Waals surface area contributed by atoms with Gasteiger partial charge >= 0.3 is 5.97 Å². The van der Waals surface area contributed by atoms with Crippen molar-refractivity contribution >= 4 is 5.97 Å². The molecule has 1 fully saturated rings. The summed E-state index contributed by atoms with van der Waals surface area (Å²) in [4.78, 5) is 17.2. The Hall–Kier alpha value is -1.42. The molecule has 0 saturated carbocycles. The van der Waals surface area contributed by atoms with E-state index in [0.717, 1.165) is 25.9 Å². The second-order valence-corrected chi connectivity index (χ2v) is 4.91. The van der Waals surface area contributed by atoms with Crippen molar-refractivity contribution in [1.29, 1.82) is 0 Å². The first-order valence-electron chi connectivity index (χ1n) is 6.60. The highest BCUT2D eigenvalue weighted by atomic mass is 16.4. The lowest BCUT2D eigenvalue weighted by Gasteiger charge is -2.35. The normalized spacial score (nSPS) is 20.8. The fourth-order valence-electron chi connectivity index (χ4n) is 2.61. The van der Waals surface area contributed by atoms with Crippen LogP contribution >= 0.6 is 0 Å². The summed E-state index contributed by atoms with van der Waals surface area (Å²) in [6.07, 6.45) is 8.25. The molecular formula is C14H20N2O2. The standard InChI is InChI=1S/C14H20N2O2/c17-14(18)7-6-13-5-1-2-9-16(13)11-12-4-3-8-15-10-12/h3-4,8,10,13H,1-2,5-7,9,11H2,(H,17,18). The van der Waals surface area contributed by atoms with Crippen LogP contribution in [0.25, 0.3) is 0 Å². The van der Waals surface area contributed by atoms with Crippen LogP contribution in [0.2, 0.25) is 0 Å². The number of aliphatic carboxylic acids is 1. The Morgan fingerprint density at radius 1 is 1.50 bits per heavy atom. The van der Waals surface area contributed by atoms with Gasteiger partial charge in [0.1, 0.15) is 0 Å². The largest absolute Gasteiger partial charge is 0.481 e. The van der Waals surface area contributed by atoms with Crippen molar-refractivity contribution in [3.63, 3.8) is 0 Å². The van der Waals surface area contributed by atoms with Crippen molar-refractivity contribution in [3.05, 3.63) is 30.1 Å². The van der Waals surface area contributed by atoms with Crippen LogP contribution < -0.4 is 0 Å². The van der Waals surface area contributed by atoms with Crippen molar-refractivity contribution in [2.24, 2.45) is 0 Å². The quantitative estimate of drug-likeness (QED) is 0.868. The maximum atomic E-state index is 10.7. The first-order valence-corrected chi connectivity index (χ1v) is 6.60. The monoisotopic (exact) mass is 248 g/mol. The van der Waals surface area contributed by atoms with E-state index in [0.29, 0.717) is 6.04 Å². The molecule has 1 atom stereocenters. The van der Waals surface area contributed by atoms with E-state index in [1.54, 1.807) is 6.20 Å². The summed E-state index contributed by atoms with van der Waals surface area (Å²) in [5, 5.41) is 8.79. The molecule has 0 spiro atoms. The fourth-order valence-corrected chi connectivity index (χ4v) is 2.61. The van der Waals surface area contributed by atoms with E-state index < -0.39 is 5.97 Å². The van der Waals surface area contributed by atoms with Gasteiger partial charge in [-0.15, -0.1) is 0 Å². The summed E-state index contributed by atoms with van der Waals surface area (Å²) in [6, 6.07) is 4.44. The van der Waals surface area contributed by atoms with Gasteiger partial charge in [-0.3, -0.25) is 14.7 Å². The Balaban J connectivity index is 1.93. The molecule has 0 amide bonds. The van der Waals surface area contributed by atoms with Gasteiger partial charge in [0.2, 0.25) is 0 Å². The number of carboxylic acid groups (broad SMARTS) is 1. The van der Waals surface area contributed by atoms with Gasteiger partial charge in [-0.25, -0.2) is 0 Å². The molecule has 98 valence electrons. The average molecular weight is 248 g/mol. The number of pyridine rings is 1. The molecular weight excluding hydrogens is 228 g/mol. The Kier molecular flexibility index (Phi) is 4.70. The molecule has 1 saturated heterocycles. The first kappa shape index (κ1) is 13.0. The number of likely N-dealkylation sites (tertiary alicyclic amines) is 1. The molecule has 0 aromatic carbocycles. The molecule has 18 heavy (non-hydrogen) atoms. The van der Waals surface area contributed by atoms with Crippen molar-refractivity contribution < 1.29 is 9.90 Å². The maximum Gasteiger partial charge on any atom is 0.303 e. The summed E-state index contributed by atoms with van der Waals surface area (Å²) in [7, 11) is 0. The molecule has 1 unspecified atom stereocenters. The first-order chi connectivity index (χ1) is 8.75. The second kappa shape index (κ2) is 6.50. The number of carboxylic acids is 1. The minimum Gasteiger partial charge on any atom is -0.481 e. The second-order valence-electron chi connectivity index (χ2n) is 4.91. The molecule has 2 rings (SSSR count). The molecule has 0 bridgehead atoms. The highest BCUT2D eigenvalue weighted by Gasteiger charge is 2.22. The summed E-state index contributed by atoms with van der Waals surface area (Å²) >= 11 is 0. The summed E-state index contributed by atoms with van der Waals surface area (Å²) in [6.45, 7) is 1.96.